The van der Waals surface area contributed by atoms with Crippen LogP contribution in [0.5, 0.6) is 5.75 Å². The third-order valence-electron chi connectivity index (χ3n) is 5.15. The highest BCUT2D eigenvalue weighted by Gasteiger charge is 2.16. The highest BCUT2D eigenvalue weighted by Crippen LogP contribution is 2.19. The largest absolute Gasteiger partial charge is 0.489 e. The van der Waals surface area contributed by atoms with Gasteiger partial charge in [0, 0.05) is 18.3 Å². The van der Waals surface area contributed by atoms with Gasteiger partial charge in [0.2, 0.25) is 5.78 Å². The van der Waals surface area contributed by atoms with E-state index in [0.29, 0.717) is 29.3 Å². The second kappa shape index (κ2) is 9.92. The molecule has 0 amide bonds. The zero-order valence-electron chi connectivity index (χ0n) is 17.4. The van der Waals surface area contributed by atoms with Gasteiger partial charge in [0.05, 0.1) is 12.1 Å². The Morgan fingerprint density at radius 3 is 2.23 bits per heavy atom. The van der Waals surface area contributed by atoms with E-state index in [0.717, 1.165) is 12.0 Å². The topological polar surface area (TPSA) is 68.5 Å². The second-order valence-electron chi connectivity index (χ2n) is 7.40. The number of nitrogens with zero attached hydrogens (tertiary/aromatic N) is 1. The molecule has 0 atom stereocenters. The van der Waals surface area contributed by atoms with Crippen LogP contribution < -0.4 is 4.74 Å². The standard InChI is InChI=1S/C25H27NO4/c1-3-4-5-18-6-8-19(9-7-18)17-30-22-13-10-20(11-14-22)25(29)23-15-12-21(26(23)2)16-24(27)28/h6-15H,3-5,16-17H2,1-2H3,(H,27,28). The predicted octanol–water partition coefficient (Wildman–Crippen LogP) is 4.80. The molecule has 1 N–H and O–H groups in total. The Morgan fingerprint density at radius 1 is 0.933 bits per heavy atom. The van der Waals surface area contributed by atoms with E-state index in [2.05, 4.69) is 31.2 Å². The molecule has 0 aliphatic rings. The number of aliphatic carboxylic acids is 1. The van der Waals surface area contributed by atoms with E-state index in [1.54, 1.807) is 48.0 Å². The van der Waals surface area contributed by atoms with Crippen LogP contribution in [0.1, 0.15) is 52.6 Å². The summed E-state index contributed by atoms with van der Waals surface area (Å²) in [7, 11) is 1.70. The van der Waals surface area contributed by atoms with E-state index in [1.165, 1.54) is 18.4 Å². The lowest BCUT2D eigenvalue weighted by Gasteiger charge is -2.09. The molecule has 0 radical (unpaired) electrons. The molecule has 0 aliphatic carbocycles. The fraction of sp³-hybridized carbons (Fsp3) is 0.280. The maximum Gasteiger partial charge on any atom is 0.309 e. The minimum atomic E-state index is -0.924. The van der Waals surface area contributed by atoms with Crippen LogP contribution in [0.4, 0.5) is 0 Å². The Hall–Kier alpha value is -3.34. The number of carboxylic acids is 1. The molecule has 0 spiro atoms. The first kappa shape index (κ1) is 21.4. The molecule has 1 aromatic heterocycles. The van der Waals surface area contributed by atoms with Crippen molar-refractivity contribution in [3.63, 3.8) is 0 Å². The number of ether oxygens (including phenoxy) is 1. The van der Waals surface area contributed by atoms with Crippen LogP contribution in [0.2, 0.25) is 0 Å². The summed E-state index contributed by atoms with van der Waals surface area (Å²) >= 11 is 0. The Kier molecular flexibility index (Phi) is 7.07. The van der Waals surface area contributed by atoms with E-state index in [1.807, 2.05) is 0 Å². The fourth-order valence-corrected chi connectivity index (χ4v) is 3.31. The molecule has 3 aromatic rings. The van der Waals surface area contributed by atoms with Gasteiger partial charge in [-0.05, 0) is 60.4 Å². The normalized spacial score (nSPS) is 10.7. The number of hydrogen-bond donors (Lipinski definition) is 1. The van der Waals surface area contributed by atoms with Crippen LogP contribution in [0, 0.1) is 0 Å². The zero-order chi connectivity index (χ0) is 21.5. The minimum absolute atomic E-state index is 0.115. The minimum Gasteiger partial charge on any atom is -0.489 e. The van der Waals surface area contributed by atoms with Gasteiger partial charge in [-0.1, -0.05) is 37.6 Å². The zero-order valence-corrected chi connectivity index (χ0v) is 17.4. The number of rotatable bonds is 10. The summed E-state index contributed by atoms with van der Waals surface area (Å²) < 4.78 is 7.47. The molecule has 0 saturated heterocycles. The quantitative estimate of drug-likeness (QED) is 0.492. The van der Waals surface area contributed by atoms with Gasteiger partial charge in [-0.15, -0.1) is 0 Å². The Balaban J connectivity index is 1.60. The highest BCUT2D eigenvalue weighted by atomic mass is 16.5. The van der Waals surface area contributed by atoms with Gasteiger partial charge in [0.25, 0.3) is 0 Å². The van der Waals surface area contributed by atoms with Crippen molar-refractivity contribution in [3.8, 4) is 5.75 Å². The van der Waals surface area contributed by atoms with Crippen molar-refractivity contribution in [2.24, 2.45) is 7.05 Å². The Labute approximate surface area is 176 Å². The molecule has 5 nitrogen and oxygen atoms in total. The Morgan fingerprint density at radius 2 is 1.60 bits per heavy atom. The number of carboxylic acid groups (broad SMARTS) is 1. The molecule has 0 saturated carbocycles. The number of aryl methyl sites for hydroxylation is 1. The lowest BCUT2D eigenvalue weighted by atomic mass is 10.1. The fourth-order valence-electron chi connectivity index (χ4n) is 3.31. The summed E-state index contributed by atoms with van der Waals surface area (Å²) in [6, 6.07) is 18.8. The number of ketones is 1. The highest BCUT2D eigenvalue weighted by molar-refractivity contribution is 6.08. The van der Waals surface area contributed by atoms with Crippen LogP contribution in [-0.2, 0) is 31.3 Å². The van der Waals surface area contributed by atoms with Gasteiger partial charge in [0.15, 0.2) is 0 Å². The van der Waals surface area contributed by atoms with Gasteiger partial charge in [0.1, 0.15) is 12.4 Å². The maximum absolute atomic E-state index is 12.8. The molecule has 0 unspecified atom stereocenters. The molecule has 0 bridgehead atoms. The van der Waals surface area contributed by atoms with Crippen LogP contribution in [-0.4, -0.2) is 21.4 Å². The van der Waals surface area contributed by atoms with Crippen molar-refractivity contribution < 1.29 is 19.4 Å². The molecule has 1 heterocycles. The third-order valence-corrected chi connectivity index (χ3v) is 5.15. The first-order valence-corrected chi connectivity index (χ1v) is 10.2. The van der Waals surface area contributed by atoms with Gasteiger partial charge in [-0.2, -0.15) is 0 Å². The van der Waals surface area contributed by atoms with Crippen molar-refractivity contribution >= 4 is 11.8 Å². The van der Waals surface area contributed by atoms with Gasteiger partial charge < -0.3 is 14.4 Å². The average Bonchev–Trinajstić information content (AvgIpc) is 3.11. The number of aromatic nitrogens is 1. The average molecular weight is 405 g/mol. The van der Waals surface area contributed by atoms with Gasteiger partial charge in [-0.3, -0.25) is 9.59 Å². The summed E-state index contributed by atoms with van der Waals surface area (Å²) in [5, 5.41) is 8.96. The lowest BCUT2D eigenvalue weighted by molar-refractivity contribution is -0.136. The van der Waals surface area contributed by atoms with Crippen LogP contribution >= 0.6 is 0 Å². The van der Waals surface area contributed by atoms with Crippen LogP contribution in [0.3, 0.4) is 0 Å². The lowest BCUT2D eigenvalue weighted by Crippen LogP contribution is -2.11. The summed E-state index contributed by atoms with van der Waals surface area (Å²) in [6.45, 7) is 2.66. The van der Waals surface area contributed by atoms with Crippen molar-refractivity contribution in [2.75, 3.05) is 0 Å². The molecule has 2 aromatic carbocycles. The van der Waals surface area contributed by atoms with Crippen molar-refractivity contribution in [3.05, 3.63) is 88.7 Å². The monoisotopic (exact) mass is 405 g/mol. The molecule has 30 heavy (non-hydrogen) atoms. The molecule has 156 valence electrons. The van der Waals surface area contributed by atoms with E-state index in [9.17, 15) is 9.59 Å². The van der Waals surface area contributed by atoms with Crippen molar-refractivity contribution in [1.29, 1.82) is 0 Å². The first-order valence-electron chi connectivity index (χ1n) is 10.2. The summed E-state index contributed by atoms with van der Waals surface area (Å²) in [4.78, 5) is 23.7. The number of carbonyl (C=O) groups is 2. The van der Waals surface area contributed by atoms with E-state index in [-0.39, 0.29) is 12.2 Å². The smallest absolute Gasteiger partial charge is 0.309 e. The van der Waals surface area contributed by atoms with Crippen LogP contribution in [0.15, 0.2) is 60.7 Å². The number of unbranched alkanes of at least 4 members (excludes halogenated alkanes) is 1. The molecule has 0 fully saturated rings. The third kappa shape index (κ3) is 5.38. The number of hydrogen-bond acceptors (Lipinski definition) is 3. The van der Waals surface area contributed by atoms with Crippen molar-refractivity contribution in [2.45, 2.75) is 39.2 Å². The van der Waals surface area contributed by atoms with Crippen molar-refractivity contribution in [1.82, 2.24) is 4.57 Å². The van der Waals surface area contributed by atoms with Crippen LogP contribution in [0.25, 0.3) is 0 Å². The van der Waals surface area contributed by atoms with E-state index in [4.69, 9.17) is 9.84 Å². The van der Waals surface area contributed by atoms with E-state index >= 15 is 0 Å². The molecular formula is C25H27NO4. The summed E-state index contributed by atoms with van der Waals surface area (Å²) in [6.07, 6.45) is 3.38. The molecule has 0 aliphatic heterocycles. The predicted molar refractivity (Wildman–Crippen MR) is 116 cm³/mol. The number of benzene rings is 2. The van der Waals surface area contributed by atoms with Gasteiger partial charge in [-0.25, -0.2) is 0 Å². The molecule has 5 heteroatoms. The first-order chi connectivity index (χ1) is 14.5. The SMILES string of the molecule is CCCCc1ccc(COc2ccc(C(=O)c3ccc(CC(=O)O)n3C)cc2)cc1. The maximum atomic E-state index is 12.8. The summed E-state index contributed by atoms with van der Waals surface area (Å²) in [5.74, 6) is -0.379. The summed E-state index contributed by atoms with van der Waals surface area (Å²) in [5.41, 5.74) is 4.03. The second-order valence-corrected chi connectivity index (χ2v) is 7.40. The molecule has 3 rings (SSSR count). The van der Waals surface area contributed by atoms with Gasteiger partial charge >= 0.3 is 5.97 Å². The van der Waals surface area contributed by atoms with E-state index < -0.39 is 5.97 Å². The Bertz CT molecular complexity index is 1000. The molecular weight excluding hydrogens is 378 g/mol. The number of carbonyl (C=O) groups excluding carboxylic acids is 1.